The number of benzene rings is 1. The van der Waals surface area contributed by atoms with Crippen molar-refractivity contribution in [1.29, 1.82) is 0 Å². The largest absolute Gasteiger partial charge is 0.502 e. The molecule has 126 valence electrons. The molecule has 1 saturated carbocycles. The minimum absolute atomic E-state index is 0.0811. The molecule has 1 aliphatic carbocycles. The summed E-state index contributed by atoms with van der Waals surface area (Å²) in [5, 5.41) is 18.7. The van der Waals surface area contributed by atoms with Gasteiger partial charge in [0.1, 0.15) is 11.5 Å². The average molecular weight is 328 g/mol. The van der Waals surface area contributed by atoms with E-state index in [0.29, 0.717) is 12.2 Å². The van der Waals surface area contributed by atoms with Crippen LogP contribution in [0.2, 0.25) is 0 Å². The van der Waals surface area contributed by atoms with Crippen molar-refractivity contribution >= 4 is 5.97 Å². The standard InChI is InChI=1S/C18H20N2O4/c21-15(22)10-13-16(23)17(24)20-14(19-13)11-18(8-4-5-9-18)12-6-2-1-3-7-12/h1-3,6-7,23H,4-5,8-11H2,(H,21,22)(H,19,20,24). The van der Waals surface area contributed by atoms with E-state index in [1.165, 1.54) is 5.56 Å². The van der Waals surface area contributed by atoms with Crippen LogP contribution in [0.4, 0.5) is 0 Å². The van der Waals surface area contributed by atoms with Gasteiger partial charge in [-0.15, -0.1) is 0 Å². The van der Waals surface area contributed by atoms with E-state index in [0.717, 1.165) is 25.7 Å². The molecule has 24 heavy (non-hydrogen) atoms. The molecule has 0 bridgehead atoms. The number of H-pyrrole nitrogens is 1. The van der Waals surface area contributed by atoms with Gasteiger partial charge in [0.2, 0.25) is 5.75 Å². The van der Waals surface area contributed by atoms with Crippen molar-refractivity contribution in [3.05, 3.63) is 57.8 Å². The van der Waals surface area contributed by atoms with Gasteiger partial charge in [0.25, 0.3) is 5.56 Å². The maximum Gasteiger partial charge on any atom is 0.309 e. The summed E-state index contributed by atoms with van der Waals surface area (Å²) < 4.78 is 0. The predicted molar refractivity (Wildman–Crippen MR) is 88.2 cm³/mol. The molecule has 1 aromatic carbocycles. The third-order valence-corrected chi connectivity index (χ3v) is 4.79. The van der Waals surface area contributed by atoms with Crippen LogP contribution in [0.5, 0.6) is 5.75 Å². The molecule has 0 radical (unpaired) electrons. The molecule has 6 nitrogen and oxygen atoms in total. The highest BCUT2D eigenvalue weighted by atomic mass is 16.4. The summed E-state index contributed by atoms with van der Waals surface area (Å²) in [6, 6.07) is 10.1. The molecule has 1 aliphatic rings. The van der Waals surface area contributed by atoms with Crippen LogP contribution < -0.4 is 5.56 Å². The van der Waals surface area contributed by atoms with Gasteiger partial charge in [-0.05, 0) is 18.4 Å². The summed E-state index contributed by atoms with van der Waals surface area (Å²) in [7, 11) is 0. The Morgan fingerprint density at radius 3 is 2.50 bits per heavy atom. The number of nitrogens with zero attached hydrogens (tertiary/aromatic N) is 1. The summed E-state index contributed by atoms with van der Waals surface area (Å²) in [5.74, 6) is -1.31. The number of carbonyl (C=O) groups is 1. The predicted octanol–water partition coefficient (Wildman–Crippen LogP) is 2.16. The van der Waals surface area contributed by atoms with Crippen LogP contribution in [0, 0.1) is 0 Å². The lowest BCUT2D eigenvalue weighted by Crippen LogP contribution is -2.28. The lowest BCUT2D eigenvalue weighted by molar-refractivity contribution is -0.136. The Bertz CT molecular complexity index is 792. The normalized spacial score (nSPS) is 16.2. The first kappa shape index (κ1) is 16.2. The Hall–Kier alpha value is -2.63. The van der Waals surface area contributed by atoms with Crippen molar-refractivity contribution in [2.24, 2.45) is 0 Å². The van der Waals surface area contributed by atoms with Crippen molar-refractivity contribution in [2.75, 3.05) is 0 Å². The minimum atomic E-state index is -1.13. The minimum Gasteiger partial charge on any atom is -0.502 e. The van der Waals surface area contributed by atoms with Crippen LogP contribution in [0.25, 0.3) is 0 Å². The molecular formula is C18H20N2O4. The second-order valence-corrected chi connectivity index (χ2v) is 6.41. The Morgan fingerprint density at radius 2 is 1.88 bits per heavy atom. The number of aromatic amines is 1. The van der Waals surface area contributed by atoms with E-state index < -0.39 is 23.7 Å². The van der Waals surface area contributed by atoms with Gasteiger partial charge >= 0.3 is 5.97 Å². The van der Waals surface area contributed by atoms with E-state index >= 15 is 0 Å². The van der Waals surface area contributed by atoms with Gasteiger partial charge < -0.3 is 15.2 Å². The van der Waals surface area contributed by atoms with E-state index in [4.69, 9.17) is 5.11 Å². The molecule has 3 rings (SSSR count). The smallest absolute Gasteiger partial charge is 0.309 e. The molecular weight excluding hydrogens is 308 g/mol. The molecule has 0 unspecified atom stereocenters. The maximum atomic E-state index is 11.9. The molecule has 0 aliphatic heterocycles. The first-order valence-corrected chi connectivity index (χ1v) is 8.08. The van der Waals surface area contributed by atoms with Crippen molar-refractivity contribution in [3.8, 4) is 5.75 Å². The highest BCUT2D eigenvalue weighted by Gasteiger charge is 2.36. The Morgan fingerprint density at radius 1 is 1.21 bits per heavy atom. The van der Waals surface area contributed by atoms with Gasteiger partial charge in [0.05, 0.1) is 6.42 Å². The van der Waals surface area contributed by atoms with Crippen molar-refractivity contribution in [2.45, 2.75) is 43.9 Å². The molecule has 0 spiro atoms. The summed E-state index contributed by atoms with van der Waals surface area (Å²) in [4.78, 5) is 29.6. The molecule has 0 atom stereocenters. The van der Waals surface area contributed by atoms with Crippen LogP contribution in [-0.2, 0) is 23.1 Å². The molecule has 2 aromatic rings. The third-order valence-electron chi connectivity index (χ3n) is 4.79. The van der Waals surface area contributed by atoms with Gasteiger partial charge in [-0.1, -0.05) is 43.2 Å². The van der Waals surface area contributed by atoms with Crippen LogP contribution in [0.3, 0.4) is 0 Å². The van der Waals surface area contributed by atoms with E-state index in [-0.39, 0.29) is 11.1 Å². The Balaban J connectivity index is 1.98. The quantitative estimate of drug-likeness (QED) is 0.780. The number of carboxylic acid groups (broad SMARTS) is 1. The Labute approximate surface area is 139 Å². The molecule has 6 heteroatoms. The topological polar surface area (TPSA) is 103 Å². The lowest BCUT2D eigenvalue weighted by Gasteiger charge is -2.29. The van der Waals surface area contributed by atoms with Crippen LogP contribution in [-0.4, -0.2) is 26.2 Å². The first-order valence-electron chi connectivity index (χ1n) is 8.08. The zero-order chi connectivity index (χ0) is 17.2. The number of rotatable bonds is 5. The number of hydrogen-bond donors (Lipinski definition) is 3. The average Bonchev–Trinajstić information content (AvgIpc) is 3.02. The number of nitrogens with one attached hydrogen (secondary N) is 1. The summed E-state index contributed by atoms with van der Waals surface area (Å²) >= 11 is 0. The second kappa shape index (κ2) is 6.47. The van der Waals surface area contributed by atoms with Crippen LogP contribution in [0.15, 0.2) is 35.1 Å². The summed E-state index contributed by atoms with van der Waals surface area (Å²) in [6.45, 7) is 0. The van der Waals surface area contributed by atoms with Gasteiger partial charge in [-0.2, -0.15) is 0 Å². The van der Waals surface area contributed by atoms with Crippen molar-refractivity contribution in [3.63, 3.8) is 0 Å². The number of carboxylic acids is 1. The van der Waals surface area contributed by atoms with E-state index in [1.807, 2.05) is 18.2 Å². The number of aromatic nitrogens is 2. The molecule has 1 heterocycles. The fourth-order valence-electron chi connectivity index (χ4n) is 3.65. The molecule has 0 saturated heterocycles. The van der Waals surface area contributed by atoms with Gasteiger partial charge in [0.15, 0.2) is 0 Å². The Kier molecular flexibility index (Phi) is 4.38. The summed E-state index contributed by atoms with van der Waals surface area (Å²) in [6.07, 6.45) is 4.27. The van der Waals surface area contributed by atoms with Gasteiger partial charge in [-0.3, -0.25) is 9.59 Å². The number of aromatic hydroxyl groups is 1. The second-order valence-electron chi connectivity index (χ2n) is 6.41. The lowest BCUT2D eigenvalue weighted by atomic mass is 9.76. The molecule has 1 aromatic heterocycles. The van der Waals surface area contributed by atoms with Crippen molar-refractivity contribution in [1.82, 2.24) is 9.97 Å². The highest BCUT2D eigenvalue weighted by molar-refractivity contribution is 5.70. The summed E-state index contributed by atoms with van der Waals surface area (Å²) in [5.41, 5.74) is 0.340. The van der Waals surface area contributed by atoms with Gasteiger partial charge in [0, 0.05) is 11.8 Å². The first-order chi connectivity index (χ1) is 11.5. The molecule has 0 amide bonds. The SMILES string of the molecule is O=C(O)Cc1nc(CC2(c3ccccc3)CCCC2)[nH]c(=O)c1O. The van der Waals surface area contributed by atoms with E-state index in [1.54, 1.807) is 0 Å². The highest BCUT2D eigenvalue weighted by Crippen LogP contribution is 2.43. The molecule has 1 fully saturated rings. The fraction of sp³-hybridized carbons (Fsp3) is 0.389. The third kappa shape index (κ3) is 3.18. The number of aliphatic carboxylic acids is 1. The molecule has 3 N–H and O–H groups in total. The van der Waals surface area contributed by atoms with E-state index in [2.05, 4.69) is 22.1 Å². The van der Waals surface area contributed by atoms with Crippen molar-refractivity contribution < 1.29 is 15.0 Å². The monoisotopic (exact) mass is 328 g/mol. The van der Waals surface area contributed by atoms with E-state index in [9.17, 15) is 14.7 Å². The van der Waals surface area contributed by atoms with Crippen LogP contribution >= 0.6 is 0 Å². The zero-order valence-corrected chi connectivity index (χ0v) is 13.3. The fourth-order valence-corrected chi connectivity index (χ4v) is 3.65. The van der Waals surface area contributed by atoms with Crippen LogP contribution in [0.1, 0.15) is 42.8 Å². The zero-order valence-electron chi connectivity index (χ0n) is 13.3. The number of hydrogen-bond acceptors (Lipinski definition) is 4. The maximum absolute atomic E-state index is 11.9. The van der Waals surface area contributed by atoms with Gasteiger partial charge in [-0.25, -0.2) is 4.98 Å².